The third kappa shape index (κ3) is 4.71. The lowest BCUT2D eigenvalue weighted by Crippen LogP contribution is -2.21. The quantitative estimate of drug-likeness (QED) is 0.637. The van der Waals surface area contributed by atoms with E-state index < -0.39 is 11.0 Å². The number of ether oxygens (including phenoxy) is 1. The molecule has 0 N–H and O–H groups in total. The van der Waals surface area contributed by atoms with E-state index in [2.05, 4.69) is 15.9 Å². The molecule has 0 bridgehead atoms. The Morgan fingerprint density at radius 3 is 2.14 bits per heavy atom. The van der Waals surface area contributed by atoms with Crippen LogP contribution in [0.1, 0.15) is 19.4 Å². The summed E-state index contributed by atoms with van der Waals surface area (Å²) < 4.78 is 41.1. The number of benzene rings is 2. The highest BCUT2D eigenvalue weighted by molar-refractivity contribution is 9.09. The van der Waals surface area contributed by atoms with E-state index in [0.29, 0.717) is 5.39 Å². The fourth-order valence-corrected chi connectivity index (χ4v) is 2.18. The van der Waals surface area contributed by atoms with E-state index in [-0.39, 0.29) is 5.56 Å². The minimum atomic E-state index is -3.11. The highest BCUT2D eigenvalue weighted by Crippen LogP contribution is 2.42. The maximum Gasteiger partial charge on any atom is 0.286 e. The molecule has 0 amide bonds. The molecule has 1 atom stereocenters. The largest absolute Gasteiger partial charge is 0.382 e. The molecular weight excluding hydrogens is 345 g/mol. The molecule has 5 heteroatoms. The van der Waals surface area contributed by atoms with Crippen molar-refractivity contribution in [1.29, 1.82) is 0 Å². The van der Waals surface area contributed by atoms with Crippen LogP contribution in [0.25, 0.3) is 10.8 Å². The summed E-state index contributed by atoms with van der Waals surface area (Å²) in [7, 11) is 0. The summed E-state index contributed by atoms with van der Waals surface area (Å²) in [5, 5.41) is 1.23. The molecule has 0 spiro atoms. The molecule has 2 aromatic rings. The third-order valence-electron chi connectivity index (χ3n) is 2.83. The van der Waals surface area contributed by atoms with Crippen molar-refractivity contribution in [2.45, 2.75) is 24.9 Å². The van der Waals surface area contributed by atoms with Crippen LogP contribution in [-0.4, -0.2) is 19.6 Å². The summed E-state index contributed by atoms with van der Waals surface area (Å²) in [6.45, 7) is 5.67. The summed E-state index contributed by atoms with van der Waals surface area (Å²) in [6, 6.07) is 11.5. The molecule has 1 unspecified atom stereocenters. The molecule has 0 saturated carbocycles. The van der Waals surface area contributed by atoms with Gasteiger partial charge in [0.1, 0.15) is 0 Å². The summed E-state index contributed by atoms with van der Waals surface area (Å²) in [5.41, 5.74) is -0.0411. The van der Waals surface area contributed by atoms with Gasteiger partial charge in [-0.25, -0.2) is 13.2 Å². The second kappa shape index (κ2) is 8.39. The fraction of sp³-hybridized carbons (Fsp3) is 0.375. The molecule has 0 aliphatic carbocycles. The van der Waals surface area contributed by atoms with Crippen molar-refractivity contribution >= 4 is 26.7 Å². The smallest absolute Gasteiger partial charge is 0.286 e. The maximum absolute atomic E-state index is 13.8. The van der Waals surface area contributed by atoms with Crippen LogP contribution in [0.4, 0.5) is 13.2 Å². The second-order valence-corrected chi connectivity index (χ2v) is 5.39. The van der Waals surface area contributed by atoms with Crippen LogP contribution >= 0.6 is 15.9 Å². The van der Waals surface area contributed by atoms with Crippen LogP contribution in [0, 0.1) is 0 Å². The number of hydrogen-bond acceptors (Lipinski definition) is 1. The standard InChI is InChI=1S/C12H8BrF3.C4H10O/c13-12(16,11(14)15)10-7-3-5-8-4-1-2-6-9(8)10;1-3-5-4-2/h1-7,11H;3-4H2,1-2H3. The van der Waals surface area contributed by atoms with Gasteiger partial charge in [0.15, 0.2) is 0 Å². The second-order valence-electron chi connectivity index (χ2n) is 4.23. The molecule has 2 aromatic carbocycles. The van der Waals surface area contributed by atoms with Gasteiger partial charge < -0.3 is 4.74 Å². The first kappa shape index (κ1) is 18.0. The van der Waals surface area contributed by atoms with E-state index in [9.17, 15) is 13.2 Å². The number of rotatable bonds is 4. The van der Waals surface area contributed by atoms with Crippen LogP contribution in [0.3, 0.4) is 0 Å². The Hall–Kier alpha value is -1.07. The third-order valence-corrected chi connectivity index (χ3v) is 3.60. The molecule has 0 aliphatic heterocycles. The molecule has 21 heavy (non-hydrogen) atoms. The highest BCUT2D eigenvalue weighted by atomic mass is 79.9. The van der Waals surface area contributed by atoms with Gasteiger partial charge in [-0.1, -0.05) is 42.5 Å². The summed E-state index contributed by atoms with van der Waals surface area (Å²) in [6.07, 6.45) is -3.11. The molecule has 0 aliphatic rings. The molecule has 0 heterocycles. The summed E-state index contributed by atoms with van der Waals surface area (Å²) in [4.78, 5) is 0. The molecular formula is C16H18BrF3O. The Morgan fingerprint density at radius 1 is 1.05 bits per heavy atom. The number of alkyl halides is 4. The predicted octanol–water partition coefficient (Wildman–Crippen LogP) is 5.66. The zero-order valence-electron chi connectivity index (χ0n) is 12.0. The van der Waals surface area contributed by atoms with Crippen molar-refractivity contribution in [2.24, 2.45) is 0 Å². The minimum absolute atomic E-state index is 0.0411. The van der Waals surface area contributed by atoms with Crippen LogP contribution in [0.2, 0.25) is 0 Å². The van der Waals surface area contributed by atoms with Gasteiger partial charge in [0.2, 0.25) is 0 Å². The lowest BCUT2D eigenvalue weighted by atomic mass is 10.0. The van der Waals surface area contributed by atoms with Gasteiger partial charge in [-0.2, -0.15) is 0 Å². The van der Waals surface area contributed by atoms with E-state index in [1.54, 1.807) is 36.4 Å². The van der Waals surface area contributed by atoms with Gasteiger partial charge in [0.25, 0.3) is 11.0 Å². The van der Waals surface area contributed by atoms with Crippen molar-refractivity contribution in [3.05, 3.63) is 48.0 Å². The van der Waals surface area contributed by atoms with Crippen molar-refractivity contribution < 1.29 is 17.9 Å². The van der Waals surface area contributed by atoms with Crippen LogP contribution in [0.5, 0.6) is 0 Å². The summed E-state index contributed by atoms with van der Waals surface area (Å²) in [5.74, 6) is 0. The number of fused-ring (bicyclic) bond motifs is 1. The first-order chi connectivity index (χ1) is 9.95. The predicted molar refractivity (Wildman–Crippen MR) is 83.8 cm³/mol. The zero-order chi connectivity index (χ0) is 15.9. The summed E-state index contributed by atoms with van der Waals surface area (Å²) >= 11 is 2.46. The van der Waals surface area contributed by atoms with Gasteiger partial charge in [0.05, 0.1) is 0 Å². The van der Waals surface area contributed by atoms with Gasteiger partial charge in [-0.15, -0.1) is 0 Å². The maximum atomic E-state index is 13.8. The Bertz CT molecular complexity index is 551. The van der Waals surface area contributed by atoms with E-state index in [1.807, 2.05) is 13.8 Å². The monoisotopic (exact) mass is 362 g/mol. The highest BCUT2D eigenvalue weighted by Gasteiger charge is 2.40. The van der Waals surface area contributed by atoms with E-state index in [1.165, 1.54) is 6.07 Å². The first-order valence-electron chi connectivity index (χ1n) is 6.67. The molecule has 0 fully saturated rings. The Kier molecular flexibility index (Phi) is 7.18. The molecule has 0 radical (unpaired) electrons. The Balaban J connectivity index is 0.000000383. The van der Waals surface area contributed by atoms with Gasteiger partial charge in [-0.05, 0) is 40.5 Å². The Labute approximate surface area is 131 Å². The van der Waals surface area contributed by atoms with Crippen LogP contribution in [-0.2, 0) is 9.31 Å². The molecule has 1 nitrogen and oxygen atoms in total. The van der Waals surface area contributed by atoms with E-state index in [0.717, 1.165) is 18.6 Å². The average molecular weight is 363 g/mol. The van der Waals surface area contributed by atoms with E-state index in [4.69, 9.17) is 4.74 Å². The van der Waals surface area contributed by atoms with Crippen molar-refractivity contribution in [1.82, 2.24) is 0 Å². The lowest BCUT2D eigenvalue weighted by molar-refractivity contribution is 0.0309. The van der Waals surface area contributed by atoms with Gasteiger partial charge in [0, 0.05) is 18.8 Å². The first-order valence-corrected chi connectivity index (χ1v) is 7.46. The normalized spacial score (nSPS) is 13.7. The average Bonchev–Trinajstić information content (AvgIpc) is 2.48. The molecule has 0 saturated heterocycles. The van der Waals surface area contributed by atoms with Crippen LogP contribution in [0.15, 0.2) is 42.5 Å². The molecule has 0 aromatic heterocycles. The fourth-order valence-electron chi connectivity index (χ4n) is 1.84. The lowest BCUT2D eigenvalue weighted by Gasteiger charge is -2.19. The van der Waals surface area contributed by atoms with Crippen molar-refractivity contribution in [2.75, 3.05) is 13.2 Å². The van der Waals surface area contributed by atoms with Gasteiger partial charge in [-0.3, -0.25) is 0 Å². The number of hydrogen-bond donors (Lipinski definition) is 0. The van der Waals surface area contributed by atoms with Crippen LogP contribution < -0.4 is 0 Å². The molecule has 116 valence electrons. The number of halogens is 4. The van der Waals surface area contributed by atoms with Crippen molar-refractivity contribution in [3.8, 4) is 0 Å². The van der Waals surface area contributed by atoms with E-state index >= 15 is 0 Å². The van der Waals surface area contributed by atoms with Gasteiger partial charge >= 0.3 is 0 Å². The Morgan fingerprint density at radius 2 is 1.62 bits per heavy atom. The topological polar surface area (TPSA) is 9.23 Å². The minimum Gasteiger partial charge on any atom is -0.382 e. The SMILES string of the molecule is CCOCC.FC(F)C(F)(Br)c1cccc2ccccc12. The van der Waals surface area contributed by atoms with Crippen molar-refractivity contribution in [3.63, 3.8) is 0 Å². The zero-order valence-corrected chi connectivity index (χ0v) is 13.5. The molecule has 2 rings (SSSR count).